The van der Waals surface area contributed by atoms with E-state index in [4.69, 9.17) is 9.84 Å². The van der Waals surface area contributed by atoms with Crippen LogP contribution in [0.2, 0.25) is 0 Å². The molecule has 2 heterocycles. The number of piperazine rings is 1. The second kappa shape index (κ2) is 10.4. The van der Waals surface area contributed by atoms with Gasteiger partial charge in [-0.2, -0.15) is 5.26 Å². The van der Waals surface area contributed by atoms with Crippen LogP contribution in [0, 0.1) is 11.3 Å². The van der Waals surface area contributed by atoms with Gasteiger partial charge in [0.15, 0.2) is 6.29 Å². The number of nitrogens with one attached hydrogen (secondary N) is 1. The number of amides is 1. The summed E-state index contributed by atoms with van der Waals surface area (Å²) in [5.41, 5.74) is 2.01. The fraction of sp³-hybridized carbons (Fsp3) is 0.545. The van der Waals surface area contributed by atoms with Crippen LogP contribution in [0.1, 0.15) is 12.5 Å². The maximum atomic E-state index is 12.7. The van der Waals surface area contributed by atoms with Crippen LogP contribution in [0.4, 0.5) is 5.69 Å². The van der Waals surface area contributed by atoms with Crippen molar-refractivity contribution in [3.05, 3.63) is 35.4 Å². The second-order valence-corrected chi connectivity index (χ2v) is 8.18. The van der Waals surface area contributed by atoms with E-state index in [0.717, 1.165) is 31.9 Å². The molecule has 1 aromatic carbocycles. The molecule has 2 saturated heterocycles. The zero-order chi connectivity index (χ0) is 23.4. The Balaban J connectivity index is 1.74. The first-order valence-electron chi connectivity index (χ1n) is 10.5. The molecule has 1 unspecified atom stereocenters. The first-order chi connectivity index (χ1) is 15.3. The number of benzene rings is 1. The standard InChI is InChI=1S/C22H30N4O6/c1-13(14-3-5-15(6-4-14)26-9-7-25(2)8-10-26)16(11-23)21(30)24-18-20(29)19(28)17(12-27)32-22(18)31/h3-6,17-20,22,27-29,31H,7-10,12H2,1-2H3,(H,24,30)/b16-13+/t17-,18-,19-,20-,22?/m1/s1. The van der Waals surface area contributed by atoms with Crippen molar-refractivity contribution >= 4 is 17.2 Å². The number of aliphatic hydroxyl groups excluding tert-OH is 4. The summed E-state index contributed by atoms with van der Waals surface area (Å²) in [5.74, 6) is -0.811. The van der Waals surface area contributed by atoms with Crippen LogP contribution in [0.3, 0.4) is 0 Å². The van der Waals surface area contributed by atoms with Crippen molar-refractivity contribution in [1.82, 2.24) is 10.2 Å². The van der Waals surface area contributed by atoms with Gasteiger partial charge in [-0.15, -0.1) is 0 Å². The van der Waals surface area contributed by atoms with Gasteiger partial charge in [-0.25, -0.2) is 0 Å². The third-order valence-corrected chi connectivity index (χ3v) is 6.08. The van der Waals surface area contributed by atoms with Gasteiger partial charge in [0.2, 0.25) is 0 Å². The Labute approximate surface area is 186 Å². The molecule has 174 valence electrons. The summed E-state index contributed by atoms with van der Waals surface area (Å²) in [7, 11) is 2.09. The fourth-order valence-corrected chi connectivity index (χ4v) is 3.91. The van der Waals surface area contributed by atoms with E-state index >= 15 is 0 Å². The normalized spacial score (nSPS) is 29.8. The summed E-state index contributed by atoms with van der Waals surface area (Å²) < 4.78 is 5.04. The number of carbonyl (C=O) groups is 1. The summed E-state index contributed by atoms with van der Waals surface area (Å²) >= 11 is 0. The van der Waals surface area contributed by atoms with E-state index in [1.54, 1.807) is 6.92 Å². The lowest BCUT2D eigenvalue weighted by Crippen LogP contribution is -2.64. The number of nitriles is 1. The fourth-order valence-electron chi connectivity index (χ4n) is 3.91. The Hall–Kier alpha value is -2.52. The third kappa shape index (κ3) is 5.10. The number of aliphatic hydroxyl groups is 4. The largest absolute Gasteiger partial charge is 0.394 e. The number of hydrogen-bond donors (Lipinski definition) is 5. The SMILES string of the molecule is C/C(=C(/C#N)C(=O)N[C@H]1C(O)O[C@H](CO)[C@@H](O)[C@@H]1O)c1ccc(N2CCN(C)CC2)cc1. The Morgan fingerprint density at radius 1 is 1.16 bits per heavy atom. The molecule has 10 heteroatoms. The van der Waals surface area contributed by atoms with E-state index in [1.165, 1.54) is 0 Å². The maximum absolute atomic E-state index is 12.7. The van der Waals surface area contributed by atoms with E-state index in [1.807, 2.05) is 30.3 Å². The number of anilines is 1. The molecular weight excluding hydrogens is 416 g/mol. The van der Waals surface area contributed by atoms with Crippen molar-refractivity contribution in [2.24, 2.45) is 0 Å². The molecule has 5 N–H and O–H groups in total. The van der Waals surface area contributed by atoms with Crippen molar-refractivity contribution in [3.63, 3.8) is 0 Å². The minimum atomic E-state index is -1.65. The molecule has 2 fully saturated rings. The average molecular weight is 447 g/mol. The van der Waals surface area contributed by atoms with Crippen LogP contribution in [-0.4, -0.2) is 102 Å². The van der Waals surface area contributed by atoms with Crippen LogP contribution < -0.4 is 10.2 Å². The summed E-state index contributed by atoms with van der Waals surface area (Å²) in [5, 5.41) is 51.4. The lowest BCUT2D eigenvalue weighted by molar-refractivity contribution is -0.253. The number of carbonyl (C=O) groups excluding carboxylic acids is 1. The van der Waals surface area contributed by atoms with Crippen molar-refractivity contribution in [3.8, 4) is 6.07 Å². The van der Waals surface area contributed by atoms with Gasteiger partial charge in [0.25, 0.3) is 5.91 Å². The van der Waals surface area contributed by atoms with Gasteiger partial charge >= 0.3 is 0 Å². The van der Waals surface area contributed by atoms with Crippen LogP contribution in [0.25, 0.3) is 5.57 Å². The van der Waals surface area contributed by atoms with E-state index in [2.05, 4.69) is 22.2 Å². The predicted octanol–water partition coefficient (Wildman–Crippen LogP) is -1.35. The topological polar surface area (TPSA) is 150 Å². The van der Waals surface area contributed by atoms with Gasteiger partial charge in [0.05, 0.1) is 6.61 Å². The molecule has 0 saturated carbocycles. The smallest absolute Gasteiger partial charge is 0.262 e. The molecule has 0 spiro atoms. The molecule has 1 amide bonds. The van der Waals surface area contributed by atoms with E-state index < -0.39 is 43.2 Å². The van der Waals surface area contributed by atoms with Crippen LogP contribution in [0.5, 0.6) is 0 Å². The quantitative estimate of drug-likeness (QED) is 0.273. The number of allylic oxidation sites excluding steroid dienone is 1. The molecule has 5 atom stereocenters. The van der Waals surface area contributed by atoms with Crippen molar-refractivity contribution in [1.29, 1.82) is 5.26 Å². The average Bonchev–Trinajstić information content (AvgIpc) is 2.80. The summed E-state index contributed by atoms with van der Waals surface area (Å²) in [4.78, 5) is 17.3. The summed E-state index contributed by atoms with van der Waals surface area (Å²) in [6.07, 6.45) is -5.92. The summed E-state index contributed by atoms with van der Waals surface area (Å²) in [6.45, 7) is 4.85. The van der Waals surface area contributed by atoms with Crippen LogP contribution >= 0.6 is 0 Å². The molecule has 1 aromatic rings. The molecule has 10 nitrogen and oxygen atoms in total. The monoisotopic (exact) mass is 446 g/mol. The molecule has 0 radical (unpaired) electrons. The van der Waals surface area contributed by atoms with Gasteiger partial charge in [-0.3, -0.25) is 4.79 Å². The van der Waals surface area contributed by atoms with E-state index in [0.29, 0.717) is 11.1 Å². The van der Waals surface area contributed by atoms with Crippen molar-refractivity contribution < 1.29 is 30.0 Å². The van der Waals surface area contributed by atoms with Crippen LogP contribution in [-0.2, 0) is 9.53 Å². The Morgan fingerprint density at radius 2 is 1.78 bits per heavy atom. The molecule has 2 aliphatic rings. The number of rotatable bonds is 5. The Kier molecular flexibility index (Phi) is 7.84. The number of hydrogen-bond acceptors (Lipinski definition) is 9. The highest BCUT2D eigenvalue weighted by Crippen LogP contribution is 2.24. The molecular formula is C22H30N4O6. The highest BCUT2D eigenvalue weighted by atomic mass is 16.6. The number of nitrogens with zero attached hydrogens (tertiary/aromatic N) is 3. The predicted molar refractivity (Wildman–Crippen MR) is 116 cm³/mol. The second-order valence-electron chi connectivity index (χ2n) is 8.18. The first kappa shape index (κ1) is 24.1. The van der Waals surface area contributed by atoms with E-state index in [9.17, 15) is 25.4 Å². The summed E-state index contributed by atoms with van der Waals surface area (Å²) in [6, 6.07) is 8.10. The van der Waals surface area contributed by atoms with Gasteiger partial charge in [0, 0.05) is 31.9 Å². The van der Waals surface area contributed by atoms with Crippen molar-refractivity contribution in [2.45, 2.75) is 37.6 Å². The van der Waals surface area contributed by atoms with Gasteiger partial charge in [0.1, 0.15) is 36.0 Å². The molecule has 2 aliphatic heterocycles. The molecule has 0 aromatic heterocycles. The Morgan fingerprint density at radius 3 is 2.34 bits per heavy atom. The van der Waals surface area contributed by atoms with Gasteiger partial charge in [-0.05, 0) is 37.2 Å². The number of ether oxygens (including phenoxy) is 1. The highest BCUT2D eigenvalue weighted by Gasteiger charge is 2.44. The lowest BCUT2D eigenvalue weighted by atomic mass is 9.96. The third-order valence-electron chi connectivity index (χ3n) is 6.08. The van der Waals surface area contributed by atoms with Crippen LogP contribution in [0.15, 0.2) is 29.8 Å². The first-order valence-corrected chi connectivity index (χ1v) is 10.5. The molecule has 32 heavy (non-hydrogen) atoms. The molecule has 0 bridgehead atoms. The van der Waals surface area contributed by atoms with Gasteiger partial charge in [-0.1, -0.05) is 12.1 Å². The minimum Gasteiger partial charge on any atom is -0.394 e. The Bertz CT molecular complexity index is 875. The van der Waals surface area contributed by atoms with E-state index in [-0.39, 0.29) is 5.57 Å². The maximum Gasteiger partial charge on any atom is 0.262 e. The number of likely N-dealkylation sites (N-methyl/N-ethyl adjacent to an activating group) is 1. The molecule has 0 aliphatic carbocycles. The van der Waals surface area contributed by atoms with Crippen molar-refractivity contribution in [2.75, 3.05) is 44.7 Å². The van der Waals surface area contributed by atoms with Gasteiger partial charge < -0.3 is 40.3 Å². The lowest BCUT2D eigenvalue weighted by Gasteiger charge is -2.40. The molecule has 3 rings (SSSR count). The minimum absolute atomic E-state index is 0.185. The zero-order valence-electron chi connectivity index (χ0n) is 18.2. The highest BCUT2D eigenvalue weighted by molar-refractivity contribution is 6.04. The zero-order valence-corrected chi connectivity index (χ0v) is 18.2.